The summed E-state index contributed by atoms with van der Waals surface area (Å²) >= 11 is 0. The van der Waals surface area contributed by atoms with Crippen LogP contribution in [0.3, 0.4) is 0 Å². The number of unbranched alkanes of at least 4 members (excludes halogenated alkanes) is 7. The minimum absolute atomic E-state index is 0.0511. The van der Waals surface area contributed by atoms with Crippen LogP contribution in [0.25, 0.3) is 0 Å². The van der Waals surface area contributed by atoms with Crippen molar-refractivity contribution in [1.29, 1.82) is 0 Å². The van der Waals surface area contributed by atoms with Crippen molar-refractivity contribution >= 4 is 5.97 Å². The van der Waals surface area contributed by atoms with E-state index in [1.807, 2.05) is 0 Å². The Bertz CT molecular complexity index is 1140. The highest BCUT2D eigenvalue weighted by atomic mass is 16.5. The lowest BCUT2D eigenvalue weighted by atomic mass is 9.47. The number of rotatable bonds is 22. The molecule has 4 aliphatic rings. The fraction of sp³-hybridized carbons (Fsp3) is 0.816. The molecular formula is C49H82O2. The third-order valence-corrected chi connectivity index (χ3v) is 15.1. The molecule has 0 amide bonds. The van der Waals surface area contributed by atoms with Crippen molar-refractivity contribution in [2.24, 2.45) is 52.3 Å². The molecule has 2 heteroatoms. The van der Waals surface area contributed by atoms with Crippen molar-refractivity contribution in [3.63, 3.8) is 0 Å². The Kier molecular flexibility index (Phi) is 17.7. The van der Waals surface area contributed by atoms with Gasteiger partial charge in [0.2, 0.25) is 0 Å². The van der Waals surface area contributed by atoms with E-state index in [1.54, 1.807) is 5.57 Å². The molecule has 0 N–H and O–H groups in total. The van der Waals surface area contributed by atoms with E-state index in [9.17, 15) is 4.79 Å². The van der Waals surface area contributed by atoms with Crippen LogP contribution in [0.2, 0.25) is 0 Å². The molecule has 0 aromatic heterocycles. The lowest BCUT2D eigenvalue weighted by Gasteiger charge is -2.58. The van der Waals surface area contributed by atoms with E-state index in [4.69, 9.17) is 4.74 Å². The molecule has 2 nitrogen and oxygen atoms in total. The Morgan fingerprint density at radius 2 is 1.49 bits per heavy atom. The van der Waals surface area contributed by atoms with Gasteiger partial charge in [0.15, 0.2) is 0 Å². The highest BCUT2D eigenvalue weighted by Crippen LogP contribution is 2.67. The number of hydrogen-bond acceptors (Lipinski definition) is 2. The van der Waals surface area contributed by atoms with E-state index >= 15 is 0 Å². The molecule has 0 aromatic carbocycles. The fourth-order valence-electron chi connectivity index (χ4n) is 11.9. The second-order valence-corrected chi connectivity index (χ2v) is 18.6. The summed E-state index contributed by atoms with van der Waals surface area (Å²) in [5.41, 5.74) is 2.50. The van der Waals surface area contributed by atoms with E-state index in [-0.39, 0.29) is 12.1 Å². The third-order valence-electron chi connectivity index (χ3n) is 15.1. The van der Waals surface area contributed by atoms with Gasteiger partial charge in [0.1, 0.15) is 6.10 Å². The molecule has 4 aliphatic carbocycles. The van der Waals surface area contributed by atoms with Gasteiger partial charge in [0.05, 0.1) is 0 Å². The van der Waals surface area contributed by atoms with Crippen LogP contribution in [0.5, 0.6) is 0 Å². The van der Waals surface area contributed by atoms with Crippen molar-refractivity contribution in [2.75, 3.05) is 0 Å². The van der Waals surface area contributed by atoms with Crippen molar-refractivity contribution in [3.8, 4) is 0 Å². The van der Waals surface area contributed by atoms with Gasteiger partial charge >= 0.3 is 5.97 Å². The number of fused-ring (bicyclic) bond motifs is 5. The van der Waals surface area contributed by atoms with Gasteiger partial charge in [-0.1, -0.05) is 142 Å². The molecule has 51 heavy (non-hydrogen) atoms. The van der Waals surface area contributed by atoms with Gasteiger partial charge in [-0.3, -0.25) is 4.79 Å². The number of ether oxygens (including phenoxy) is 1. The van der Waals surface area contributed by atoms with Crippen LogP contribution in [-0.2, 0) is 9.53 Å². The van der Waals surface area contributed by atoms with Gasteiger partial charge in [-0.15, -0.1) is 0 Å². The topological polar surface area (TPSA) is 26.3 Å². The zero-order chi connectivity index (χ0) is 36.7. The molecule has 9 atom stereocenters. The van der Waals surface area contributed by atoms with E-state index < -0.39 is 0 Å². The summed E-state index contributed by atoms with van der Waals surface area (Å²) in [6.07, 6.45) is 44.5. The summed E-state index contributed by atoms with van der Waals surface area (Å²) < 4.78 is 6.15. The molecule has 0 unspecified atom stereocenters. The van der Waals surface area contributed by atoms with Crippen LogP contribution in [0.4, 0.5) is 0 Å². The average Bonchev–Trinajstić information content (AvgIpc) is 3.47. The first kappa shape index (κ1) is 42.2. The predicted octanol–water partition coefficient (Wildman–Crippen LogP) is 14.9. The Hall–Kier alpha value is -1.57. The molecule has 3 saturated carbocycles. The lowest BCUT2D eigenvalue weighted by molar-refractivity contribution is -0.151. The molecular weight excluding hydrogens is 621 g/mol. The molecule has 0 spiro atoms. The second-order valence-electron chi connectivity index (χ2n) is 18.6. The monoisotopic (exact) mass is 703 g/mol. The summed E-state index contributed by atoms with van der Waals surface area (Å²) in [6, 6.07) is 0. The SMILES string of the molecule is CC/C=C\C/C=C\C/C=C\CCCCCCCCCC(=O)O[C@H]1CC[C@@]2(C)C(=CC[C@H]3[C@@H]4CC[C@H]([C@H](C)CC[C@@H](CC)C(C)C)[C@@]4(C)CC[C@@H]32)C1. The fourth-order valence-corrected chi connectivity index (χ4v) is 11.9. The average molecular weight is 703 g/mol. The van der Waals surface area contributed by atoms with Gasteiger partial charge in [-0.05, 0) is 142 Å². The molecule has 3 fully saturated rings. The van der Waals surface area contributed by atoms with Gasteiger partial charge in [0, 0.05) is 12.8 Å². The summed E-state index contributed by atoms with van der Waals surface area (Å²) in [6.45, 7) is 17.4. The Labute approximate surface area is 317 Å². The van der Waals surface area contributed by atoms with Crippen molar-refractivity contribution in [3.05, 3.63) is 48.1 Å². The summed E-state index contributed by atoms with van der Waals surface area (Å²) in [7, 11) is 0. The Morgan fingerprint density at radius 1 is 0.804 bits per heavy atom. The quantitative estimate of drug-likeness (QED) is 0.0638. The van der Waals surface area contributed by atoms with Gasteiger partial charge < -0.3 is 4.74 Å². The van der Waals surface area contributed by atoms with Crippen LogP contribution < -0.4 is 0 Å². The number of hydrogen-bond donors (Lipinski definition) is 0. The van der Waals surface area contributed by atoms with E-state index in [0.717, 1.165) is 86.4 Å². The standard InChI is InChI=1S/C49H82O2/c1-8-10-11-12-13-14-15-16-17-18-19-20-21-22-23-24-25-26-47(50)51-42-33-35-48(6)41(37-42)29-30-43-45-32-31-44(49(45,7)36-34-46(43)48)39(5)27-28-40(9-2)38(3)4/h10-11,13-14,16-17,29,38-40,42-46H,8-9,12,15,18-28,30-37H2,1-7H3/b11-10-,14-13-,17-16-/t39-,40-,42+,43+,44-,45+,46+,48+,49-/m1/s1. The van der Waals surface area contributed by atoms with Crippen molar-refractivity contribution < 1.29 is 9.53 Å². The lowest BCUT2D eigenvalue weighted by Crippen LogP contribution is -2.51. The zero-order valence-corrected chi connectivity index (χ0v) is 34.7. The third kappa shape index (κ3) is 11.7. The Balaban J connectivity index is 1.11. The van der Waals surface area contributed by atoms with E-state index in [1.165, 1.54) is 96.3 Å². The van der Waals surface area contributed by atoms with Gasteiger partial charge in [0.25, 0.3) is 0 Å². The summed E-state index contributed by atoms with van der Waals surface area (Å²) in [5.74, 6) is 6.12. The van der Waals surface area contributed by atoms with Crippen LogP contribution in [0.1, 0.15) is 196 Å². The van der Waals surface area contributed by atoms with Crippen LogP contribution in [-0.4, -0.2) is 12.1 Å². The van der Waals surface area contributed by atoms with Crippen LogP contribution in [0.15, 0.2) is 48.1 Å². The van der Waals surface area contributed by atoms with Crippen molar-refractivity contribution in [2.45, 2.75) is 202 Å². The minimum atomic E-state index is 0.0511. The predicted molar refractivity (Wildman–Crippen MR) is 221 cm³/mol. The van der Waals surface area contributed by atoms with Gasteiger partial charge in [-0.25, -0.2) is 0 Å². The van der Waals surface area contributed by atoms with Gasteiger partial charge in [-0.2, -0.15) is 0 Å². The normalized spacial score (nSPS) is 31.9. The highest BCUT2D eigenvalue weighted by Gasteiger charge is 2.59. The molecule has 0 heterocycles. The second kappa shape index (κ2) is 21.4. The summed E-state index contributed by atoms with van der Waals surface area (Å²) in [4.78, 5) is 12.9. The number of allylic oxidation sites excluding steroid dienone is 7. The Morgan fingerprint density at radius 3 is 2.20 bits per heavy atom. The maximum absolute atomic E-state index is 12.9. The minimum Gasteiger partial charge on any atom is -0.462 e. The molecule has 0 bridgehead atoms. The first-order chi connectivity index (χ1) is 24.6. The zero-order valence-electron chi connectivity index (χ0n) is 34.7. The van der Waals surface area contributed by atoms with E-state index in [0.29, 0.717) is 17.3 Å². The number of carbonyl (C=O) groups is 1. The largest absolute Gasteiger partial charge is 0.462 e. The number of esters is 1. The summed E-state index contributed by atoms with van der Waals surface area (Å²) in [5, 5.41) is 0. The molecule has 290 valence electrons. The smallest absolute Gasteiger partial charge is 0.306 e. The molecule has 0 aliphatic heterocycles. The van der Waals surface area contributed by atoms with Crippen molar-refractivity contribution in [1.82, 2.24) is 0 Å². The number of carbonyl (C=O) groups excluding carboxylic acids is 1. The molecule has 0 aromatic rings. The van der Waals surface area contributed by atoms with E-state index in [2.05, 4.69) is 91.0 Å². The highest BCUT2D eigenvalue weighted by molar-refractivity contribution is 5.69. The maximum Gasteiger partial charge on any atom is 0.306 e. The maximum atomic E-state index is 12.9. The van der Waals surface area contributed by atoms with Crippen LogP contribution >= 0.6 is 0 Å². The molecule has 4 rings (SSSR count). The first-order valence-electron chi connectivity index (χ1n) is 22.5. The molecule has 0 saturated heterocycles. The van der Waals surface area contributed by atoms with Crippen LogP contribution in [0, 0.1) is 52.3 Å². The molecule has 0 radical (unpaired) electrons. The first-order valence-corrected chi connectivity index (χ1v) is 22.5.